The Labute approximate surface area is 210 Å². The van der Waals surface area contributed by atoms with E-state index in [1.807, 2.05) is 62.4 Å². The number of methoxy groups -OCH3 is 1. The number of carbonyl (C=O) groups is 3. The van der Waals surface area contributed by atoms with Gasteiger partial charge in [0.15, 0.2) is 0 Å². The lowest BCUT2D eigenvalue weighted by molar-refractivity contribution is -0.133. The van der Waals surface area contributed by atoms with E-state index in [4.69, 9.17) is 4.74 Å². The Morgan fingerprint density at radius 1 is 1.17 bits per heavy atom. The van der Waals surface area contributed by atoms with Crippen molar-refractivity contribution in [2.24, 2.45) is 5.92 Å². The number of para-hydroxylation sites is 1. The van der Waals surface area contributed by atoms with Gasteiger partial charge in [0.1, 0.15) is 12.1 Å². The van der Waals surface area contributed by atoms with Gasteiger partial charge in [-0.15, -0.1) is 0 Å². The molecule has 1 aromatic heterocycles. The molecule has 188 valence electrons. The summed E-state index contributed by atoms with van der Waals surface area (Å²) >= 11 is 0. The van der Waals surface area contributed by atoms with Crippen molar-refractivity contribution in [2.75, 3.05) is 20.3 Å². The molecular weight excluding hydrogens is 456 g/mol. The van der Waals surface area contributed by atoms with Gasteiger partial charge in [-0.05, 0) is 29.2 Å². The Hall–Kier alpha value is -3.65. The number of hydrogen-bond acceptors (Lipinski definition) is 4. The summed E-state index contributed by atoms with van der Waals surface area (Å²) in [6.45, 7) is 4.68. The van der Waals surface area contributed by atoms with Crippen molar-refractivity contribution < 1.29 is 19.1 Å². The van der Waals surface area contributed by atoms with Crippen molar-refractivity contribution in [3.63, 3.8) is 0 Å². The monoisotopic (exact) mass is 488 g/mol. The first-order valence-electron chi connectivity index (χ1n) is 12.5. The Morgan fingerprint density at radius 3 is 2.69 bits per heavy atom. The van der Waals surface area contributed by atoms with Gasteiger partial charge >= 0.3 is 0 Å². The van der Waals surface area contributed by atoms with Gasteiger partial charge in [0.05, 0.1) is 12.6 Å². The van der Waals surface area contributed by atoms with Crippen molar-refractivity contribution >= 4 is 28.6 Å². The molecule has 0 radical (unpaired) electrons. The molecule has 36 heavy (non-hydrogen) atoms. The van der Waals surface area contributed by atoms with Crippen LogP contribution in [0, 0.1) is 5.92 Å². The normalized spacial score (nSPS) is 19.9. The second-order valence-corrected chi connectivity index (χ2v) is 9.64. The SMILES string of the molecule is CC[C@@H](C)[C@H](NC(=O)[C@@H]1Cc2c([nH]c3ccccc23)[C@@H]2c3ccccc3C(=O)N21)C(=O)NCCOC. The highest BCUT2D eigenvalue weighted by molar-refractivity contribution is 6.04. The molecule has 4 atom stereocenters. The van der Waals surface area contributed by atoms with Gasteiger partial charge in [0.2, 0.25) is 11.8 Å². The molecule has 3 heterocycles. The smallest absolute Gasteiger partial charge is 0.255 e. The molecule has 0 saturated carbocycles. The predicted octanol–water partition coefficient (Wildman–Crippen LogP) is 2.93. The number of benzene rings is 2. The Bertz CT molecular complexity index is 1320. The van der Waals surface area contributed by atoms with Gasteiger partial charge in [0, 0.05) is 42.2 Å². The number of aromatic nitrogens is 1. The van der Waals surface area contributed by atoms with E-state index >= 15 is 0 Å². The number of amides is 3. The third kappa shape index (κ3) is 3.95. The van der Waals surface area contributed by atoms with Crippen LogP contribution in [-0.4, -0.2) is 60.0 Å². The lowest BCUT2D eigenvalue weighted by Gasteiger charge is -2.38. The summed E-state index contributed by atoms with van der Waals surface area (Å²) in [7, 11) is 1.57. The van der Waals surface area contributed by atoms with Crippen LogP contribution in [0.2, 0.25) is 0 Å². The largest absolute Gasteiger partial charge is 0.383 e. The lowest BCUT2D eigenvalue weighted by atomic mass is 9.89. The zero-order valence-corrected chi connectivity index (χ0v) is 20.8. The fourth-order valence-corrected chi connectivity index (χ4v) is 5.48. The maximum absolute atomic E-state index is 13.9. The van der Waals surface area contributed by atoms with E-state index in [-0.39, 0.29) is 29.7 Å². The van der Waals surface area contributed by atoms with Gasteiger partial charge in [0.25, 0.3) is 5.91 Å². The first-order valence-corrected chi connectivity index (χ1v) is 12.5. The number of nitrogens with one attached hydrogen (secondary N) is 3. The van der Waals surface area contributed by atoms with E-state index in [1.165, 1.54) is 0 Å². The van der Waals surface area contributed by atoms with E-state index in [0.29, 0.717) is 25.1 Å². The van der Waals surface area contributed by atoms with Crippen molar-refractivity contribution in [1.29, 1.82) is 0 Å². The highest BCUT2D eigenvalue weighted by Gasteiger charge is 2.49. The van der Waals surface area contributed by atoms with E-state index in [0.717, 1.165) is 34.1 Å². The number of hydrogen-bond donors (Lipinski definition) is 3. The fraction of sp³-hybridized carbons (Fsp3) is 0.393. The number of rotatable bonds is 8. The Balaban J connectivity index is 1.52. The predicted molar refractivity (Wildman–Crippen MR) is 137 cm³/mol. The number of ether oxygens (including phenoxy) is 1. The highest BCUT2D eigenvalue weighted by Crippen LogP contribution is 2.46. The molecular formula is C28H32N4O4. The van der Waals surface area contributed by atoms with Crippen molar-refractivity contribution in [2.45, 2.75) is 44.8 Å². The van der Waals surface area contributed by atoms with Gasteiger partial charge < -0.3 is 25.3 Å². The molecule has 3 aromatic rings. The van der Waals surface area contributed by atoms with Crippen molar-refractivity contribution in [1.82, 2.24) is 20.5 Å². The maximum atomic E-state index is 13.9. The third-order valence-corrected chi connectivity index (χ3v) is 7.55. The van der Waals surface area contributed by atoms with Crippen molar-refractivity contribution in [3.8, 4) is 0 Å². The molecule has 2 aliphatic heterocycles. The first kappa shape index (κ1) is 24.1. The molecule has 0 spiro atoms. The molecule has 0 unspecified atom stereocenters. The van der Waals surface area contributed by atoms with Gasteiger partial charge in [-0.1, -0.05) is 56.7 Å². The Kier molecular flexibility index (Phi) is 6.53. The van der Waals surface area contributed by atoms with Crippen LogP contribution < -0.4 is 10.6 Å². The van der Waals surface area contributed by atoms with E-state index < -0.39 is 12.1 Å². The van der Waals surface area contributed by atoms with Gasteiger partial charge in [-0.2, -0.15) is 0 Å². The molecule has 0 aliphatic carbocycles. The van der Waals surface area contributed by atoms with E-state index in [9.17, 15) is 14.4 Å². The van der Waals surface area contributed by atoms with Crippen LogP contribution in [-0.2, 0) is 20.7 Å². The maximum Gasteiger partial charge on any atom is 0.255 e. The molecule has 5 rings (SSSR count). The number of carbonyl (C=O) groups excluding carboxylic acids is 3. The molecule has 0 saturated heterocycles. The van der Waals surface area contributed by atoms with Crippen LogP contribution in [0.3, 0.4) is 0 Å². The molecule has 0 bridgehead atoms. The average Bonchev–Trinajstić information content (AvgIpc) is 3.42. The minimum atomic E-state index is -0.736. The average molecular weight is 489 g/mol. The summed E-state index contributed by atoms with van der Waals surface area (Å²) in [5, 5.41) is 6.90. The van der Waals surface area contributed by atoms with Crippen LogP contribution in [0.25, 0.3) is 10.9 Å². The van der Waals surface area contributed by atoms with Crippen LogP contribution in [0.1, 0.15) is 53.5 Å². The zero-order chi connectivity index (χ0) is 25.4. The minimum absolute atomic E-state index is 0.0778. The molecule has 8 heteroatoms. The number of nitrogens with zero attached hydrogens (tertiary/aromatic N) is 1. The van der Waals surface area contributed by atoms with Gasteiger partial charge in [-0.25, -0.2) is 0 Å². The molecule has 3 N–H and O–H groups in total. The first-order chi connectivity index (χ1) is 17.5. The van der Waals surface area contributed by atoms with Crippen LogP contribution in [0.5, 0.6) is 0 Å². The van der Waals surface area contributed by atoms with E-state index in [1.54, 1.807) is 12.0 Å². The summed E-state index contributed by atoms with van der Waals surface area (Å²) in [5.74, 6) is -0.800. The molecule has 2 aromatic carbocycles. The topological polar surface area (TPSA) is 104 Å². The standard InChI is InChI=1S/C28H32N4O4/c1-4-16(2)23(27(34)29-13-14-36-3)31-26(33)22-15-20-17-9-7-8-12-21(17)30-24(20)25-18-10-5-6-11-19(18)28(35)32(22)25/h5-12,16,22-23,25,30H,4,13-15H2,1-3H3,(H,29,34)(H,31,33)/t16-,22+,23+,25+/m1/s1. The third-order valence-electron chi connectivity index (χ3n) is 7.55. The van der Waals surface area contributed by atoms with Gasteiger partial charge in [-0.3, -0.25) is 14.4 Å². The molecule has 8 nitrogen and oxygen atoms in total. The number of aromatic amines is 1. The zero-order valence-electron chi connectivity index (χ0n) is 20.8. The summed E-state index contributed by atoms with van der Waals surface area (Å²) in [6, 6.07) is 13.7. The number of fused-ring (bicyclic) bond motifs is 7. The summed E-state index contributed by atoms with van der Waals surface area (Å²) in [4.78, 5) is 45.6. The van der Waals surface area contributed by atoms with Crippen LogP contribution in [0.15, 0.2) is 48.5 Å². The lowest BCUT2D eigenvalue weighted by Crippen LogP contribution is -2.58. The molecule has 3 amide bonds. The molecule has 0 fully saturated rings. The minimum Gasteiger partial charge on any atom is -0.383 e. The quantitative estimate of drug-likeness (QED) is 0.424. The Morgan fingerprint density at radius 2 is 1.92 bits per heavy atom. The van der Waals surface area contributed by atoms with E-state index in [2.05, 4.69) is 15.6 Å². The highest BCUT2D eigenvalue weighted by atomic mass is 16.5. The molecule has 2 aliphatic rings. The van der Waals surface area contributed by atoms with Crippen LogP contribution in [0.4, 0.5) is 0 Å². The van der Waals surface area contributed by atoms with Crippen molar-refractivity contribution in [3.05, 3.63) is 70.9 Å². The second-order valence-electron chi connectivity index (χ2n) is 9.64. The second kappa shape index (κ2) is 9.78. The van der Waals surface area contributed by atoms with Crippen LogP contribution >= 0.6 is 0 Å². The number of H-pyrrole nitrogens is 1. The fourth-order valence-electron chi connectivity index (χ4n) is 5.48. The summed E-state index contributed by atoms with van der Waals surface area (Å²) in [5.41, 5.74) is 4.48. The summed E-state index contributed by atoms with van der Waals surface area (Å²) in [6.07, 6.45) is 1.09. The summed E-state index contributed by atoms with van der Waals surface area (Å²) < 4.78 is 5.04.